The summed E-state index contributed by atoms with van der Waals surface area (Å²) >= 11 is 6.13. The summed E-state index contributed by atoms with van der Waals surface area (Å²) in [6.45, 7) is 1.65. The molecule has 0 aromatic heterocycles. The van der Waals surface area contributed by atoms with Crippen molar-refractivity contribution in [1.82, 2.24) is 4.90 Å². The summed E-state index contributed by atoms with van der Waals surface area (Å²) in [4.78, 5) is 13.8. The lowest BCUT2D eigenvalue weighted by Crippen LogP contribution is -2.40. The Morgan fingerprint density at radius 3 is 2.54 bits per heavy atom. The molecule has 2 aromatic rings. The van der Waals surface area contributed by atoms with E-state index in [2.05, 4.69) is 0 Å². The zero-order valence-electron chi connectivity index (χ0n) is 13.3. The van der Waals surface area contributed by atoms with Crippen LogP contribution in [-0.4, -0.2) is 35.1 Å². The lowest BCUT2D eigenvalue weighted by Gasteiger charge is -2.24. The molecule has 0 saturated carbocycles. The van der Waals surface area contributed by atoms with Crippen molar-refractivity contribution in [3.63, 3.8) is 0 Å². The van der Waals surface area contributed by atoms with Crippen LogP contribution in [0.2, 0.25) is 5.02 Å². The van der Waals surface area contributed by atoms with Crippen LogP contribution in [-0.2, 0) is 11.2 Å². The van der Waals surface area contributed by atoms with Crippen LogP contribution < -0.4 is 4.74 Å². The van der Waals surface area contributed by atoms with Crippen molar-refractivity contribution in [3.8, 4) is 11.5 Å². The summed E-state index contributed by atoms with van der Waals surface area (Å²) < 4.78 is 5.94. The molecule has 2 aromatic carbocycles. The van der Waals surface area contributed by atoms with E-state index < -0.39 is 12.0 Å². The van der Waals surface area contributed by atoms with Gasteiger partial charge in [-0.3, -0.25) is 9.69 Å². The first-order chi connectivity index (χ1) is 11.6. The molecule has 0 bridgehead atoms. The van der Waals surface area contributed by atoms with Crippen molar-refractivity contribution in [2.24, 2.45) is 0 Å². The van der Waals surface area contributed by atoms with Crippen LogP contribution in [0.1, 0.15) is 18.4 Å². The Labute approximate surface area is 146 Å². The highest BCUT2D eigenvalue weighted by Gasteiger charge is 2.29. The van der Waals surface area contributed by atoms with Crippen LogP contribution in [0.15, 0.2) is 48.5 Å². The number of carbonyl (C=O) groups is 1. The largest absolute Gasteiger partial charge is 0.480 e. The molecular formula is C19H20ClNO3. The minimum atomic E-state index is -0.803. The van der Waals surface area contributed by atoms with Crippen LogP contribution in [0.3, 0.4) is 0 Å². The van der Waals surface area contributed by atoms with Gasteiger partial charge >= 0.3 is 5.97 Å². The fourth-order valence-electron chi connectivity index (χ4n) is 3.06. The molecule has 0 spiro atoms. The van der Waals surface area contributed by atoms with Crippen molar-refractivity contribution in [2.45, 2.75) is 25.3 Å². The number of hydrogen-bond acceptors (Lipinski definition) is 3. The highest BCUT2D eigenvalue weighted by Crippen LogP contribution is 2.30. The zero-order chi connectivity index (χ0) is 16.9. The number of carboxylic acid groups (broad SMARTS) is 1. The third-order valence-corrected chi connectivity index (χ3v) is 4.51. The summed E-state index contributed by atoms with van der Waals surface area (Å²) in [5, 5.41) is 10.2. The van der Waals surface area contributed by atoms with Gasteiger partial charge in [0.25, 0.3) is 0 Å². The number of carboxylic acids is 1. The molecule has 3 rings (SSSR count). The summed E-state index contributed by atoms with van der Waals surface area (Å²) in [7, 11) is 0. The van der Waals surface area contributed by atoms with E-state index in [1.807, 2.05) is 35.2 Å². The number of ether oxygens (including phenoxy) is 1. The smallest absolute Gasteiger partial charge is 0.321 e. The fourth-order valence-corrected chi connectivity index (χ4v) is 3.25. The molecule has 0 unspecified atom stereocenters. The molecule has 126 valence electrons. The van der Waals surface area contributed by atoms with Gasteiger partial charge in [-0.15, -0.1) is 0 Å². The van der Waals surface area contributed by atoms with Crippen molar-refractivity contribution < 1.29 is 14.6 Å². The highest BCUT2D eigenvalue weighted by atomic mass is 35.5. The number of likely N-dealkylation sites (tertiary alicyclic amines) is 1. The van der Waals surface area contributed by atoms with E-state index in [4.69, 9.17) is 16.3 Å². The van der Waals surface area contributed by atoms with Gasteiger partial charge in [0.05, 0.1) is 0 Å². The van der Waals surface area contributed by atoms with Gasteiger partial charge in [0.15, 0.2) is 0 Å². The first-order valence-corrected chi connectivity index (χ1v) is 8.49. The van der Waals surface area contributed by atoms with E-state index in [0.717, 1.165) is 31.5 Å². The van der Waals surface area contributed by atoms with Gasteiger partial charge in [0.2, 0.25) is 0 Å². The predicted molar refractivity (Wildman–Crippen MR) is 93.9 cm³/mol. The fraction of sp³-hybridized carbons (Fsp3) is 0.316. The second-order valence-electron chi connectivity index (χ2n) is 5.97. The van der Waals surface area contributed by atoms with Crippen molar-refractivity contribution in [1.29, 1.82) is 0 Å². The van der Waals surface area contributed by atoms with Gasteiger partial charge in [0, 0.05) is 11.4 Å². The molecular weight excluding hydrogens is 326 g/mol. The van der Waals surface area contributed by atoms with Gasteiger partial charge in [-0.1, -0.05) is 29.8 Å². The van der Waals surface area contributed by atoms with E-state index in [1.54, 1.807) is 18.2 Å². The average molecular weight is 346 g/mol. The van der Waals surface area contributed by atoms with E-state index in [0.29, 0.717) is 22.9 Å². The molecule has 1 atom stereocenters. The van der Waals surface area contributed by atoms with Crippen LogP contribution in [0, 0.1) is 0 Å². The number of benzene rings is 2. The number of nitrogens with zero attached hydrogens (tertiary/aromatic N) is 1. The van der Waals surface area contributed by atoms with Gasteiger partial charge in [0.1, 0.15) is 17.5 Å². The van der Waals surface area contributed by atoms with Gasteiger partial charge in [-0.2, -0.15) is 0 Å². The minimum Gasteiger partial charge on any atom is -0.480 e. The van der Waals surface area contributed by atoms with Crippen molar-refractivity contribution in [3.05, 3.63) is 59.1 Å². The maximum absolute atomic E-state index is 11.7. The van der Waals surface area contributed by atoms with Crippen LogP contribution in [0.4, 0.5) is 0 Å². The summed E-state index contributed by atoms with van der Waals surface area (Å²) in [6, 6.07) is 14.3. The monoisotopic (exact) mass is 345 g/mol. The average Bonchev–Trinajstić information content (AvgIpc) is 3.09. The molecule has 0 radical (unpaired) electrons. The first kappa shape index (κ1) is 16.8. The van der Waals surface area contributed by atoms with Crippen LogP contribution in [0.5, 0.6) is 11.5 Å². The normalized spacial score (nSPS) is 16.0. The summed E-state index contributed by atoms with van der Waals surface area (Å²) in [5.41, 5.74) is 0.811. The van der Waals surface area contributed by atoms with Crippen molar-refractivity contribution in [2.75, 3.05) is 13.1 Å². The number of hydrogen-bond donors (Lipinski definition) is 1. The Morgan fingerprint density at radius 1 is 1.17 bits per heavy atom. The number of para-hydroxylation sites is 1. The number of rotatable bonds is 6. The molecule has 1 N–H and O–H groups in total. The SMILES string of the molecule is O=C(O)[C@H](Cc1cc(Cl)ccc1Oc1ccccc1)N1CCCC1. The second kappa shape index (κ2) is 7.69. The molecule has 1 aliphatic heterocycles. The Balaban J connectivity index is 1.85. The number of aliphatic carboxylic acids is 1. The molecule has 0 aliphatic carbocycles. The Bertz CT molecular complexity index is 699. The summed E-state index contributed by atoms with van der Waals surface area (Å²) in [6.07, 6.45) is 2.47. The standard InChI is InChI=1S/C19H20ClNO3/c20-15-8-9-18(24-16-6-2-1-3-7-16)14(12-15)13-17(19(22)23)21-10-4-5-11-21/h1-3,6-9,12,17H,4-5,10-11,13H2,(H,22,23)/t17-/m0/s1. The van der Waals surface area contributed by atoms with Gasteiger partial charge in [-0.25, -0.2) is 0 Å². The maximum Gasteiger partial charge on any atom is 0.321 e. The van der Waals surface area contributed by atoms with E-state index >= 15 is 0 Å². The molecule has 1 aliphatic rings. The Kier molecular flexibility index (Phi) is 5.38. The molecule has 0 amide bonds. The van der Waals surface area contributed by atoms with Crippen LogP contribution in [0.25, 0.3) is 0 Å². The van der Waals surface area contributed by atoms with E-state index in [9.17, 15) is 9.90 Å². The predicted octanol–water partition coefficient (Wildman–Crippen LogP) is 4.22. The lowest BCUT2D eigenvalue weighted by atomic mass is 10.0. The third-order valence-electron chi connectivity index (χ3n) is 4.27. The third kappa shape index (κ3) is 4.08. The number of halogens is 1. The molecule has 24 heavy (non-hydrogen) atoms. The van der Waals surface area contributed by atoms with Gasteiger partial charge < -0.3 is 9.84 Å². The quantitative estimate of drug-likeness (QED) is 0.851. The van der Waals surface area contributed by atoms with Crippen molar-refractivity contribution >= 4 is 17.6 Å². The topological polar surface area (TPSA) is 49.8 Å². The highest BCUT2D eigenvalue weighted by molar-refractivity contribution is 6.30. The Hall–Kier alpha value is -2.04. The van der Waals surface area contributed by atoms with Gasteiger partial charge in [-0.05, 0) is 61.8 Å². The molecule has 1 saturated heterocycles. The zero-order valence-corrected chi connectivity index (χ0v) is 14.1. The molecule has 1 fully saturated rings. The molecule has 4 nitrogen and oxygen atoms in total. The maximum atomic E-state index is 11.7. The summed E-state index contributed by atoms with van der Waals surface area (Å²) in [5.74, 6) is 0.563. The first-order valence-electron chi connectivity index (χ1n) is 8.11. The lowest BCUT2D eigenvalue weighted by molar-refractivity contribution is -0.142. The van der Waals surface area contributed by atoms with Crippen LogP contribution >= 0.6 is 11.6 Å². The second-order valence-corrected chi connectivity index (χ2v) is 6.40. The Morgan fingerprint density at radius 2 is 1.88 bits per heavy atom. The van der Waals surface area contributed by atoms with E-state index in [-0.39, 0.29) is 0 Å². The van der Waals surface area contributed by atoms with E-state index in [1.165, 1.54) is 0 Å². The molecule has 5 heteroatoms. The minimum absolute atomic E-state index is 0.373. The molecule has 1 heterocycles.